The van der Waals surface area contributed by atoms with Gasteiger partial charge in [0.25, 0.3) is 0 Å². The lowest BCUT2D eigenvalue weighted by molar-refractivity contribution is 0.227. The van der Waals surface area contributed by atoms with Gasteiger partial charge in [0.1, 0.15) is 0 Å². The molecule has 2 atom stereocenters. The van der Waals surface area contributed by atoms with Gasteiger partial charge in [-0.3, -0.25) is 0 Å². The van der Waals surface area contributed by atoms with Crippen LogP contribution in [0.25, 0.3) is 0 Å². The Morgan fingerprint density at radius 1 is 1.46 bits per heavy atom. The first-order valence-electron chi connectivity index (χ1n) is 5.11. The molecule has 80 valence electrons. The van der Waals surface area contributed by atoms with E-state index in [4.69, 9.17) is 5.11 Å². The minimum absolute atomic E-state index is 0.368. The molecule has 0 aliphatic heterocycles. The molecule has 0 aromatic heterocycles. The zero-order chi connectivity index (χ0) is 10.9. The maximum Gasteiger partial charge on any atom is 0.0719 e. The van der Waals surface area contributed by atoms with Crippen molar-refractivity contribution in [2.45, 2.75) is 58.3 Å². The molecule has 0 bridgehead atoms. The molecule has 2 heteroatoms. The van der Waals surface area contributed by atoms with Gasteiger partial charge in [0, 0.05) is 5.25 Å². The van der Waals surface area contributed by atoms with E-state index in [-0.39, 0.29) is 6.10 Å². The zero-order valence-electron chi connectivity index (χ0n) is 9.38. The van der Waals surface area contributed by atoms with Crippen molar-refractivity contribution in [3.8, 4) is 0 Å². The predicted molar refractivity (Wildman–Crippen MR) is 64.5 cm³/mol. The lowest BCUT2D eigenvalue weighted by Crippen LogP contribution is -2.05. The van der Waals surface area contributed by atoms with Crippen LogP contribution < -0.4 is 0 Å². The minimum Gasteiger partial charge on any atom is -0.389 e. The highest BCUT2D eigenvalue weighted by molar-refractivity contribution is 7.80. The van der Waals surface area contributed by atoms with Crippen molar-refractivity contribution in [3.63, 3.8) is 0 Å². The van der Waals surface area contributed by atoms with E-state index in [0.29, 0.717) is 5.25 Å². The van der Waals surface area contributed by atoms with E-state index in [2.05, 4.69) is 26.1 Å². The molecule has 0 saturated carbocycles. The fourth-order valence-electron chi connectivity index (χ4n) is 0.765. The van der Waals surface area contributed by atoms with E-state index in [1.54, 1.807) is 6.92 Å². The van der Waals surface area contributed by atoms with Gasteiger partial charge in [-0.2, -0.15) is 12.6 Å². The van der Waals surface area contributed by atoms with Crippen LogP contribution in [0, 0.1) is 0 Å². The third-order valence-electron chi connectivity index (χ3n) is 1.86. The van der Waals surface area contributed by atoms with Gasteiger partial charge in [-0.1, -0.05) is 27.4 Å². The van der Waals surface area contributed by atoms with Crippen molar-refractivity contribution in [2.75, 3.05) is 0 Å². The molecule has 0 amide bonds. The van der Waals surface area contributed by atoms with E-state index >= 15 is 0 Å². The molecular formula is C11H24OS. The topological polar surface area (TPSA) is 20.2 Å². The van der Waals surface area contributed by atoms with Crippen molar-refractivity contribution in [1.82, 2.24) is 0 Å². The van der Waals surface area contributed by atoms with Gasteiger partial charge in [-0.15, -0.1) is 0 Å². The quantitative estimate of drug-likeness (QED) is 0.519. The number of hydrogen-bond acceptors (Lipinski definition) is 2. The monoisotopic (exact) mass is 204 g/mol. The van der Waals surface area contributed by atoms with Crippen molar-refractivity contribution >= 4 is 12.6 Å². The summed E-state index contributed by atoms with van der Waals surface area (Å²) in [5.41, 5.74) is 0.914. The van der Waals surface area contributed by atoms with Gasteiger partial charge in [0.05, 0.1) is 6.10 Å². The van der Waals surface area contributed by atoms with Crippen molar-refractivity contribution in [1.29, 1.82) is 0 Å². The number of rotatable bonds is 5. The van der Waals surface area contributed by atoms with Crippen LogP contribution in [0.5, 0.6) is 0 Å². The number of hydrogen-bond donors (Lipinski definition) is 2. The summed E-state index contributed by atoms with van der Waals surface area (Å²) in [7, 11) is 0. The summed E-state index contributed by atoms with van der Waals surface area (Å²) in [6.45, 7) is 11.6. The third kappa shape index (κ3) is 9.97. The summed E-state index contributed by atoms with van der Waals surface area (Å²) in [4.78, 5) is 0. The van der Waals surface area contributed by atoms with Crippen molar-refractivity contribution in [3.05, 3.63) is 12.2 Å². The Morgan fingerprint density at radius 2 is 1.92 bits per heavy atom. The lowest BCUT2D eigenvalue weighted by atomic mass is 10.1. The number of aliphatic hydroxyl groups excluding tert-OH is 1. The van der Waals surface area contributed by atoms with Crippen LogP contribution in [0.15, 0.2) is 12.2 Å². The highest BCUT2D eigenvalue weighted by Gasteiger charge is 2.04. The Labute approximate surface area is 88.7 Å². The molecule has 0 spiro atoms. The molecule has 1 nitrogen and oxygen atoms in total. The van der Waals surface area contributed by atoms with Crippen LogP contribution in [0.2, 0.25) is 0 Å². The first-order chi connectivity index (χ1) is 6.07. The van der Waals surface area contributed by atoms with Gasteiger partial charge in [0.15, 0.2) is 0 Å². The Morgan fingerprint density at radius 3 is 2.23 bits per heavy atom. The van der Waals surface area contributed by atoms with Gasteiger partial charge in [0.2, 0.25) is 0 Å². The Kier molecular flexibility index (Phi) is 12.1. The van der Waals surface area contributed by atoms with E-state index < -0.39 is 0 Å². The van der Waals surface area contributed by atoms with Crippen LogP contribution >= 0.6 is 12.6 Å². The Balaban J connectivity index is 0. The fraction of sp³-hybridized carbons (Fsp3) is 0.818. The van der Waals surface area contributed by atoms with Crippen LogP contribution in [-0.2, 0) is 0 Å². The van der Waals surface area contributed by atoms with Crippen molar-refractivity contribution < 1.29 is 5.11 Å². The second-order valence-corrected chi connectivity index (χ2v) is 3.67. The molecule has 0 heterocycles. The lowest BCUT2D eigenvalue weighted by Gasteiger charge is -2.11. The smallest absolute Gasteiger partial charge is 0.0719 e. The first-order valence-corrected chi connectivity index (χ1v) is 5.63. The molecule has 0 rings (SSSR count). The van der Waals surface area contributed by atoms with Crippen LogP contribution in [-0.4, -0.2) is 16.5 Å². The third-order valence-corrected chi connectivity index (χ3v) is 2.48. The summed E-state index contributed by atoms with van der Waals surface area (Å²) < 4.78 is 0. The predicted octanol–water partition coefficient (Wildman–Crippen LogP) is 3.44. The largest absolute Gasteiger partial charge is 0.389 e. The van der Waals surface area contributed by atoms with E-state index in [1.165, 1.54) is 0 Å². The minimum atomic E-state index is -0.368. The van der Waals surface area contributed by atoms with E-state index in [0.717, 1.165) is 24.8 Å². The highest BCUT2D eigenvalue weighted by Crippen LogP contribution is 2.14. The summed E-state index contributed by atoms with van der Waals surface area (Å²) in [5.74, 6) is 0. The second kappa shape index (κ2) is 10.1. The fourth-order valence-corrected chi connectivity index (χ4v) is 0.894. The van der Waals surface area contributed by atoms with Crippen LogP contribution in [0.1, 0.15) is 47.0 Å². The average molecular weight is 204 g/mol. The molecule has 0 aliphatic carbocycles. The zero-order valence-corrected chi connectivity index (χ0v) is 10.3. The molecule has 0 radical (unpaired) electrons. The maximum absolute atomic E-state index is 9.08. The van der Waals surface area contributed by atoms with Gasteiger partial charge >= 0.3 is 0 Å². The molecule has 13 heavy (non-hydrogen) atoms. The van der Waals surface area contributed by atoms with Gasteiger partial charge < -0.3 is 5.11 Å². The molecule has 0 fully saturated rings. The average Bonchev–Trinajstić information content (AvgIpc) is 2.16. The highest BCUT2D eigenvalue weighted by atomic mass is 32.1. The van der Waals surface area contributed by atoms with E-state index in [9.17, 15) is 0 Å². The van der Waals surface area contributed by atoms with Gasteiger partial charge in [-0.25, -0.2) is 0 Å². The normalized spacial score (nSPS) is 14.0. The summed E-state index contributed by atoms with van der Waals surface area (Å²) in [6.07, 6.45) is 2.62. The molecule has 1 N–H and O–H groups in total. The van der Waals surface area contributed by atoms with E-state index in [1.807, 2.05) is 13.8 Å². The van der Waals surface area contributed by atoms with Crippen molar-refractivity contribution in [2.24, 2.45) is 0 Å². The summed E-state index contributed by atoms with van der Waals surface area (Å²) in [5, 5.41) is 9.53. The first kappa shape index (κ1) is 15.5. The second-order valence-electron chi connectivity index (χ2n) is 2.93. The van der Waals surface area contributed by atoms with Gasteiger partial charge in [-0.05, 0) is 31.8 Å². The molecule has 0 aliphatic rings. The summed E-state index contributed by atoms with van der Waals surface area (Å²) in [6, 6.07) is 0. The molecule has 0 aromatic rings. The standard InChI is InChI=1S/C9H18OS.C2H6/c1-4-9(11)6-5-7(2)8(3)10;1-2/h8-11H,2,4-6H2,1,3H3;1-2H3. The summed E-state index contributed by atoms with van der Waals surface area (Å²) >= 11 is 4.35. The number of aliphatic hydroxyl groups is 1. The van der Waals surface area contributed by atoms with Crippen LogP contribution in [0.3, 0.4) is 0 Å². The molecule has 0 saturated heterocycles. The molecule has 0 aromatic carbocycles. The van der Waals surface area contributed by atoms with Crippen LogP contribution in [0.4, 0.5) is 0 Å². The number of thiol groups is 1. The SMILES string of the molecule is C=C(CCC(S)CC)C(C)O.CC. The molecular weight excluding hydrogens is 180 g/mol. The Hall–Kier alpha value is 0.0500. The maximum atomic E-state index is 9.08. The Bertz CT molecular complexity index is 121. The molecule has 2 unspecified atom stereocenters.